The molecule has 0 saturated carbocycles. The number of aryl methyl sites for hydroxylation is 2. The first-order valence-corrected chi connectivity index (χ1v) is 10.9. The van der Waals surface area contributed by atoms with E-state index >= 15 is 0 Å². The maximum absolute atomic E-state index is 8.67. The number of hydrogen-bond acceptors (Lipinski definition) is 5. The first-order valence-electron chi connectivity index (χ1n) is 10.9. The molecule has 179 valence electrons. The van der Waals surface area contributed by atoms with Crippen molar-refractivity contribution >= 4 is 11.1 Å². The van der Waals surface area contributed by atoms with Gasteiger partial charge in [0.15, 0.2) is 6.39 Å². The Labute approximate surface area is 222 Å². The van der Waals surface area contributed by atoms with E-state index in [0.717, 1.165) is 33.9 Å². The summed E-state index contributed by atoms with van der Waals surface area (Å²) in [6.45, 7) is 4.22. The summed E-state index contributed by atoms with van der Waals surface area (Å²) in [5.74, 6) is 0.849. The minimum atomic E-state index is 0. The van der Waals surface area contributed by atoms with E-state index in [9.17, 15) is 0 Å². The van der Waals surface area contributed by atoms with Gasteiger partial charge in [0.25, 0.3) is 0 Å². The average molecular weight is 649 g/mol. The molecule has 3 aromatic carbocycles. The van der Waals surface area contributed by atoms with Gasteiger partial charge in [0.05, 0.1) is 17.5 Å². The number of nitriles is 1. The first-order chi connectivity index (χ1) is 17.1. The van der Waals surface area contributed by atoms with Crippen molar-refractivity contribution in [3.8, 4) is 28.8 Å². The summed E-state index contributed by atoms with van der Waals surface area (Å²) in [5, 5.41) is 12.7. The van der Waals surface area contributed by atoms with Gasteiger partial charge in [-0.05, 0) is 36.7 Å². The third-order valence-electron chi connectivity index (χ3n) is 5.49. The van der Waals surface area contributed by atoms with E-state index in [1.54, 1.807) is 35.1 Å². The molecule has 0 unspecified atom stereocenters. The standard InChI is InChI=1S/C18H14N3O.C10H6N3.Ir/c1-12-4-3-5-13(2)17(12)21-9-8-19-18(21)14-6-7-16-15(10-14)20-11-22-16;11-8-9-3-1-4-10(7-9)13-6-2-5-12-13;/h3-5,7-11H,1-2H3;1-3,5-7H;/q2*-1;. The van der Waals surface area contributed by atoms with E-state index in [1.807, 2.05) is 30.7 Å². The number of imidazole rings is 1. The van der Waals surface area contributed by atoms with Crippen molar-refractivity contribution in [2.24, 2.45) is 0 Å². The summed E-state index contributed by atoms with van der Waals surface area (Å²) in [7, 11) is 0. The van der Waals surface area contributed by atoms with Crippen LogP contribution >= 0.6 is 0 Å². The molecule has 0 saturated heterocycles. The normalized spacial score (nSPS) is 10.2. The van der Waals surface area contributed by atoms with E-state index in [0.29, 0.717) is 5.56 Å². The van der Waals surface area contributed by atoms with Gasteiger partial charge in [-0.2, -0.15) is 28.6 Å². The van der Waals surface area contributed by atoms with Crippen LogP contribution in [0.25, 0.3) is 33.9 Å². The molecule has 1 radical (unpaired) electrons. The van der Waals surface area contributed by atoms with Gasteiger partial charge in [0, 0.05) is 56.1 Å². The fourth-order valence-corrected chi connectivity index (χ4v) is 3.87. The second-order valence-electron chi connectivity index (χ2n) is 7.83. The van der Waals surface area contributed by atoms with Crippen LogP contribution in [0.15, 0.2) is 90.2 Å². The molecule has 0 aliphatic carbocycles. The van der Waals surface area contributed by atoms with Crippen molar-refractivity contribution in [1.82, 2.24) is 24.3 Å². The Bertz CT molecular complexity index is 1620. The zero-order valence-corrected chi connectivity index (χ0v) is 21.9. The van der Waals surface area contributed by atoms with Gasteiger partial charge in [-0.15, -0.1) is 29.8 Å². The van der Waals surface area contributed by atoms with Crippen molar-refractivity contribution < 1.29 is 24.5 Å². The molecular weight excluding hydrogens is 629 g/mol. The van der Waals surface area contributed by atoms with Crippen LogP contribution in [0.5, 0.6) is 0 Å². The van der Waals surface area contributed by atoms with Gasteiger partial charge >= 0.3 is 0 Å². The SMILES string of the molecule is Cc1cccc(C)c1-n1ccnc1-c1[c-]cc2ocnc2c1.N#Cc1cc[c-]c(-n2cccn2)c1.[Ir]. The van der Waals surface area contributed by atoms with Crippen LogP contribution in [0.2, 0.25) is 0 Å². The summed E-state index contributed by atoms with van der Waals surface area (Å²) in [4.78, 5) is 8.71. The predicted molar refractivity (Wildman–Crippen MR) is 132 cm³/mol. The van der Waals surface area contributed by atoms with E-state index in [4.69, 9.17) is 9.68 Å². The van der Waals surface area contributed by atoms with Crippen LogP contribution in [0.4, 0.5) is 0 Å². The van der Waals surface area contributed by atoms with Gasteiger partial charge in [0.2, 0.25) is 0 Å². The Morgan fingerprint density at radius 1 is 0.972 bits per heavy atom. The minimum absolute atomic E-state index is 0. The van der Waals surface area contributed by atoms with Crippen LogP contribution in [-0.2, 0) is 20.1 Å². The van der Waals surface area contributed by atoms with Crippen molar-refractivity contribution in [1.29, 1.82) is 5.26 Å². The third kappa shape index (κ3) is 5.03. The molecule has 0 N–H and O–H groups in total. The third-order valence-corrected chi connectivity index (χ3v) is 5.49. The molecule has 8 heteroatoms. The largest absolute Gasteiger partial charge is 0.490 e. The number of fused-ring (bicyclic) bond motifs is 1. The molecule has 36 heavy (non-hydrogen) atoms. The van der Waals surface area contributed by atoms with Crippen LogP contribution in [-0.4, -0.2) is 24.3 Å². The molecule has 0 amide bonds. The summed E-state index contributed by atoms with van der Waals surface area (Å²) in [6, 6.07) is 25.3. The van der Waals surface area contributed by atoms with Gasteiger partial charge < -0.3 is 8.98 Å². The van der Waals surface area contributed by atoms with Gasteiger partial charge in [-0.1, -0.05) is 23.8 Å². The first kappa shape index (κ1) is 24.8. The molecule has 7 nitrogen and oxygen atoms in total. The Hall–Kier alpha value is -4.31. The van der Waals surface area contributed by atoms with Crippen LogP contribution in [0.1, 0.15) is 16.7 Å². The number of hydrogen-bond donors (Lipinski definition) is 0. The Kier molecular flexibility index (Phi) is 7.55. The van der Waals surface area contributed by atoms with Crippen LogP contribution in [0, 0.1) is 37.3 Å². The monoisotopic (exact) mass is 649 g/mol. The molecule has 0 atom stereocenters. The van der Waals surface area contributed by atoms with Crippen molar-refractivity contribution in [3.63, 3.8) is 0 Å². The Balaban J connectivity index is 0.000000187. The maximum atomic E-state index is 8.67. The van der Waals surface area contributed by atoms with Crippen LogP contribution in [0.3, 0.4) is 0 Å². The Morgan fingerprint density at radius 2 is 1.81 bits per heavy atom. The second kappa shape index (κ2) is 11.0. The average Bonchev–Trinajstić information content (AvgIpc) is 3.66. The summed E-state index contributed by atoms with van der Waals surface area (Å²) in [6.07, 6.45) is 8.73. The fraction of sp³-hybridized carbons (Fsp3) is 0.0714. The number of para-hydroxylation sites is 1. The quantitative estimate of drug-likeness (QED) is 0.232. The van der Waals surface area contributed by atoms with E-state index in [-0.39, 0.29) is 20.1 Å². The summed E-state index contributed by atoms with van der Waals surface area (Å²) >= 11 is 0. The number of rotatable bonds is 3. The number of benzene rings is 3. The molecule has 3 aromatic heterocycles. The predicted octanol–water partition coefficient (Wildman–Crippen LogP) is 5.64. The van der Waals surface area contributed by atoms with Gasteiger partial charge in [-0.25, -0.2) is 4.98 Å². The second-order valence-corrected chi connectivity index (χ2v) is 7.83. The molecule has 3 heterocycles. The summed E-state index contributed by atoms with van der Waals surface area (Å²) < 4.78 is 9.04. The molecule has 6 aromatic rings. The number of aromatic nitrogens is 5. The Morgan fingerprint density at radius 3 is 2.56 bits per heavy atom. The molecular formula is C28H20IrN6O-2. The summed E-state index contributed by atoms with van der Waals surface area (Å²) in [5.41, 5.74) is 7.41. The zero-order chi connectivity index (χ0) is 24.2. The topological polar surface area (TPSA) is 85.5 Å². The van der Waals surface area contributed by atoms with Gasteiger partial charge in [-0.3, -0.25) is 9.67 Å². The zero-order valence-electron chi connectivity index (χ0n) is 19.5. The molecule has 0 bridgehead atoms. The smallest absolute Gasteiger partial charge is 0.169 e. The molecule has 0 aliphatic rings. The molecule has 0 spiro atoms. The van der Waals surface area contributed by atoms with E-state index in [2.05, 4.69) is 69.9 Å². The van der Waals surface area contributed by atoms with Gasteiger partial charge in [0.1, 0.15) is 0 Å². The maximum Gasteiger partial charge on any atom is 0.169 e. The number of oxazole rings is 1. The van der Waals surface area contributed by atoms with E-state index < -0.39 is 0 Å². The van der Waals surface area contributed by atoms with Crippen molar-refractivity contribution in [2.45, 2.75) is 13.8 Å². The van der Waals surface area contributed by atoms with E-state index in [1.165, 1.54) is 17.5 Å². The van der Waals surface area contributed by atoms with Crippen LogP contribution < -0.4 is 0 Å². The minimum Gasteiger partial charge on any atom is -0.490 e. The molecule has 0 aliphatic heterocycles. The fourth-order valence-electron chi connectivity index (χ4n) is 3.87. The van der Waals surface area contributed by atoms with Crippen molar-refractivity contribution in [3.05, 3.63) is 115 Å². The number of nitrogens with zero attached hydrogens (tertiary/aromatic N) is 6. The van der Waals surface area contributed by atoms with Crippen molar-refractivity contribution in [2.75, 3.05) is 0 Å². The molecule has 6 rings (SSSR count). The molecule has 0 fully saturated rings.